The van der Waals surface area contributed by atoms with Crippen LogP contribution in [0.4, 0.5) is 10.1 Å². The van der Waals surface area contributed by atoms with Gasteiger partial charge in [-0.3, -0.25) is 4.79 Å². The minimum absolute atomic E-state index is 0.132. The summed E-state index contributed by atoms with van der Waals surface area (Å²) in [7, 11) is -3.88. The van der Waals surface area contributed by atoms with E-state index in [0.717, 1.165) is 5.56 Å². The number of sulfonamides is 1. The van der Waals surface area contributed by atoms with Gasteiger partial charge in [0.15, 0.2) is 0 Å². The van der Waals surface area contributed by atoms with E-state index in [-0.39, 0.29) is 16.6 Å². The van der Waals surface area contributed by atoms with Crippen molar-refractivity contribution in [1.82, 2.24) is 4.31 Å². The van der Waals surface area contributed by atoms with E-state index < -0.39 is 16.1 Å². The van der Waals surface area contributed by atoms with E-state index in [9.17, 15) is 17.6 Å². The molecule has 1 amide bonds. The molecule has 0 aromatic heterocycles. The summed E-state index contributed by atoms with van der Waals surface area (Å²) in [4.78, 5) is 13.7. The summed E-state index contributed by atoms with van der Waals surface area (Å²) in [5.41, 5.74) is 1.96. The highest BCUT2D eigenvalue weighted by atomic mass is 79.9. The van der Waals surface area contributed by atoms with Gasteiger partial charge in [-0.25, -0.2) is 12.8 Å². The maximum absolute atomic E-state index is 13.7. The van der Waals surface area contributed by atoms with Crippen LogP contribution in [0.25, 0.3) is 0 Å². The number of anilines is 1. The van der Waals surface area contributed by atoms with Crippen molar-refractivity contribution in [3.8, 4) is 0 Å². The Balaban J connectivity index is 1.82. The van der Waals surface area contributed by atoms with Gasteiger partial charge in [-0.2, -0.15) is 4.31 Å². The molecule has 0 bridgehead atoms. The smallest absolute Gasteiger partial charge is 0.245 e. The predicted molar refractivity (Wildman–Crippen MR) is 108 cm³/mol. The zero-order chi connectivity index (χ0) is 20.1. The molecule has 0 spiro atoms. The molecule has 0 radical (unpaired) electrons. The quantitative estimate of drug-likeness (QED) is 0.685. The lowest BCUT2D eigenvalue weighted by Crippen LogP contribution is -2.33. The Kier molecular flexibility index (Phi) is 5.05. The van der Waals surface area contributed by atoms with Crippen molar-refractivity contribution in [3.05, 3.63) is 57.8 Å². The molecule has 8 heteroatoms. The van der Waals surface area contributed by atoms with Crippen LogP contribution in [0.15, 0.2) is 45.8 Å². The van der Waals surface area contributed by atoms with Crippen LogP contribution in [0.1, 0.15) is 36.9 Å². The Labute approximate surface area is 172 Å². The number of hydrogen-bond donors (Lipinski definition) is 0. The molecule has 0 unspecified atom stereocenters. The number of nitrogens with zero attached hydrogens (tertiary/aromatic N) is 2. The SMILES string of the molecule is CC(=O)N1CCc2cc(Br)cc(S(=O)(=O)N3CCC[C@H]3c3cccc(F)c3)c21. The summed E-state index contributed by atoms with van der Waals surface area (Å²) in [6, 6.07) is 9.12. The molecule has 2 heterocycles. The summed E-state index contributed by atoms with van der Waals surface area (Å²) in [5.74, 6) is -0.562. The topological polar surface area (TPSA) is 57.7 Å². The highest BCUT2D eigenvalue weighted by molar-refractivity contribution is 9.10. The van der Waals surface area contributed by atoms with Crippen LogP contribution in [0, 0.1) is 5.82 Å². The number of carbonyl (C=O) groups excluding carboxylic acids is 1. The van der Waals surface area contributed by atoms with Crippen LogP contribution in [0.2, 0.25) is 0 Å². The Morgan fingerprint density at radius 1 is 1.21 bits per heavy atom. The molecule has 2 aliphatic heterocycles. The van der Waals surface area contributed by atoms with E-state index in [4.69, 9.17) is 0 Å². The van der Waals surface area contributed by atoms with E-state index in [1.165, 1.54) is 28.3 Å². The average Bonchev–Trinajstić information content (AvgIpc) is 3.28. The number of halogens is 2. The zero-order valence-corrected chi connectivity index (χ0v) is 17.8. The fourth-order valence-corrected chi connectivity index (χ4v) is 6.78. The standard InChI is InChI=1S/C20H20BrFN2O3S/c1-13(25)23-9-7-15-10-16(21)12-19(20(15)23)28(26,27)24-8-3-6-18(24)14-4-2-5-17(22)11-14/h2,4-5,10-12,18H,3,6-9H2,1H3/t18-/m0/s1. The minimum atomic E-state index is -3.88. The van der Waals surface area contributed by atoms with Gasteiger partial charge in [-0.05, 0) is 54.7 Å². The van der Waals surface area contributed by atoms with Gasteiger partial charge in [0, 0.05) is 24.5 Å². The van der Waals surface area contributed by atoms with Crippen molar-refractivity contribution in [2.45, 2.75) is 37.1 Å². The van der Waals surface area contributed by atoms with Crippen molar-refractivity contribution in [1.29, 1.82) is 0 Å². The summed E-state index contributed by atoms with van der Waals surface area (Å²) in [5, 5.41) is 0. The van der Waals surface area contributed by atoms with Crippen molar-refractivity contribution in [3.63, 3.8) is 0 Å². The van der Waals surface area contributed by atoms with Crippen molar-refractivity contribution in [2.24, 2.45) is 0 Å². The van der Waals surface area contributed by atoms with Gasteiger partial charge in [0.2, 0.25) is 15.9 Å². The van der Waals surface area contributed by atoms with Gasteiger partial charge in [0.25, 0.3) is 0 Å². The molecule has 0 aliphatic carbocycles. The lowest BCUT2D eigenvalue weighted by Gasteiger charge is -2.27. The molecule has 2 aliphatic rings. The van der Waals surface area contributed by atoms with Crippen LogP contribution in [0.5, 0.6) is 0 Å². The molecule has 148 valence electrons. The predicted octanol–water partition coefficient (Wildman–Crippen LogP) is 4.02. The van der Waals surface area contributed by atoms with Crippen LogP contribution in [-0.4, -0.2) is 31.7 Å². The Morgan fingerprint density at radius 3 is 2.71 bits per heavy atom. The minimum Gasteiger partial charge on any atom is -0.311 e. The van der Waals surface area contributed by atoms with E-state index in [0.29, 0.717) is 48.1 Å². The number of amides is 1. The first kappa shape index (κ1) is 19.5. The van der Waals surface area contributed by atoms with Crippen LogP contribution in [0.3, 0.4) is 0 Å². The van der Waals surface area contributed by atoms with Crippen LogP contribution >= 0.6 is 15.9 Å². The van der Waals surface area contributed by atoms with E-state index >= 15 is 0 Å². The number of hydrogen-bond acceptors (Lipinski definition) is 3. The Bertz CT molecular complexity index is 1060. The molecule has 4 rings (SSSR count). The molecule has 0 saturated carbocycles. The maximum atomic E-state index is 13.7. The molecular formula is C20H20BrFN2O3S. The highest BCUT2D eigenvalue weighted by Crippen LogP contribution is 2.43. The van der Waals surface area contributed by atoms with Gasteiger partial charge in [-0.15, -0.1) is 0 Å². The third kappa shape index (κ3) is 3.27. The molecule has 1 saturated heterocycles. The summed E-state index contributed by atoms with van der Waals surface area (Å²) in [6.07, 6.45) is 1.95. The normalized spacial score (nSPS) is 19.8. The number of rotatable bonds is 3. The maximum Gasteiger partial charge on any atom is 0.245 e. The molecular weight excluding hydrogens is 447 g/mol. The molecule has 2 aromatic carbocycles. The monoisotopic (exact) mass is 466 g/mol. The van der Waals surface area contributed by atoms with Gasteiger partial charge < -0.3 is 4.90 Å². The lowest BCUT2D eigenvalue weighted by atomic mass is 10.1. The van der Waals surface area contributed by atoms with E-state index in [1.807, 2.05) is 6.07 Å². The molecule has 1 fully saturated rings. The zero-order valence-electron chi connectivity index (χ0n) is 15.4. The second kappa shape index (κ2) is 7.24. The van der Waals surface area contributed by atoms with Gasteiger partial charge in [0.05, 0.1) is 11.7 Å². The second-order valence-electron chi connectivity index (χ2n) is 7.16. The summed E-state index contributed by atoms with van der Waals surface area (Å²) >= 11 is 3.41. The Morgan fingerprint density at radius 2 is 2.00 bits per heavy atom. The number of fused-ring (bicyclic) bond motifs is 1. The molecule has 2 aromatic rings. The first-order valence-corrected chi connectivity index (χ1v) is 11.4. The van der Waals surface area contributed by atoms with Crippen LogP contribution < -0.4 is 4.90 Å². The fraction of sp³-hybridized carbons (Fsp3) is 0.350. The first-order valence-electron chi connectivity index (χ1n) is 9.17. The highest BCUT2D eigenvalue weighted by Gasteiger charge is 2.40. The molecule has 28 heavy (non-hydrogen) atoms. The largest absolute Gasteiger partial charge is 0.311 e. The van der Waals surface area contributed by atoms with Crippen molar-refractivity contribution in [2.75, 3.05) is 18.0 Å². The fourth-order valence-electron chi connectivity index (χ4n) is 4.18. The van der Waals surface area contributed by atoms with Gasteiger partial charge in [-0.1, -0.05) is 28.1 Å². The van der Waals surface area contributed by atoms with Crippen LogP contribution in [-0.2, 0) is 21.2 Å². The van der Waals surface area contributed by atoms with Crippen molar-refractivity contribution >= 4 is 37.5 Å². The number of benzene rings is 2. The summed E-state index contributed by atoms with van der Waals surface area (Å²) < 4.78 is 43.1. The molecule has 1 atom stereocenters. The Hall–Kier alpha value is -1.77. The second-order valence-corrected chi connectivity index (χ2v) is 9.94. The van der Waals surface area contributed by atoms with Gasteiger partial charge in [0.1, 0.15) is 10.7 Å². The summed E-state index contributed by atoms with van der Waals surface area (Å²) in [6.45, 7) is 2.28. The van der Waals surface area contributed by atoms with Gasteiger partial charge >= 0.3 is 0 Å². The lowest BCUT2D eigenvalue weighted by molar-refractivity contribution is -0.116. The number of carbonyl (C=O) groups is 1. The average molecular weight is 467 g/mol. The van der Waals surface area contributed by atoms with Crippen molar-refractivity contribution < 1.29 is 17.6 Å². The first-order chi connectivity index (χ1) is 13.3. The van der Waals surface area contributed by atoms with E-state index in [1.54, 1.807) is 18.2 Å². The third-order valence-electron chi connectivity index (χ3n) is 5.40. The molecule has 5 nitrogen and oxygen atoms in total. The third-order valence-corrected chi connectivity index (χ3v) is 7.78. The molecule has 0 N–H and O–H groups in total. The van der Waals surface area contributed by atoms with E-state index in [2.05, 4.69) is 15.9 Å².